The minimum atomic E-state index is -0.493. The van der Waals surface area contributed by atoms with E-state index in [0.717, 1.165) is 0 Å². The molecule has 12 heavy (non-hydrogen) atoms. The lowest BCUT2D eigenvalue weighted by molar-refractivity contribution is 0.0511. The van der Waals surface area contributed by atoms with Gasteiger partial charge in [0.1, 0.15) is 0 Å². The Balaban J connectivity index is 3.26. The topological polar surface area (TPSA) is 49.7 Å². The van der Waals surface area contributed by atoms with Gasteiger partial charge in [-0.2, -0.15) is 0 Å². The number of ether oxygens (including phenoxy) is 1. The van der Waals surface area contributed by atoms with E-state index in [1.165, 1.54) is 0 Å². The molecule has 0 rings (SSSR count). The summed E-state index contributed by atoms with van der Waals surface area (Å²) in [6.45, 7) is 4.26. The molecular formula is C9H16O3. The first-order valence-corrected chi connectivity index (χ1v) is 3.93. The second kappa shape index (κ2) is 8.46. The lowest BCUT2D eigenvalue weighted by atomic mass is 10.2. The SMILES string of the molecule is C=CCOC[C@@H](O)C/C=C\CO. The Morgan fingerprint density at radius 2 is 2.17 bits per heavy atom. The van der Waals surface area contributed by atoms with Gasteiger partial charge in [-0.1, -0.05) is 18.2 Å². The average Bonchev–Trinajstić information content (AvgIpc) is 2.06. The number of rotatable bonds is 7. The molecule has 0 aromatic rings. The van der Waals surface area contributed by atoms with Gasteiger partial charge in [0.15, 0.2) is 0 Å². The first kappa shape index (κ1) is 11.4. The molecule has 0 radical (unpaired) electrons. The molecular weight excluding hydrogens is 156 g/mol. The third-order valence-corrected chi connectivity index (χ3v) is 1.23. The lowest BCUT2D eigenvalue weighted by Crippen LogP contribution is -2.14. The van der Waals surface area contributed by atoms with Crippen molar-refractivity contribution in [3.8, 4) is 0 Å². The molecule has 0 aromatic carbocycles. The fourth-order valence-corrected chi connectivity index (χ4v) is 0.683. The highest BCUT2D eigenvalue weighted by Crippen LogP contribution is 1.94. The molecule has 0 saturated heterocycles. The summed E-state index contributed by atoms with van der Waals surface area (Å²) in [5.41, 5.74) is 0. The number of hydrogen-bond acceptors (Lipinski definition) is 3. The summed E-state index contributed by atoms with van der Waals surface area (Å²) in [6, 6.07) is 0. The van der Waals surface area contributed by atoms with Crippen molar-refractivity contribution in [3.05, 3.63) is 24.8 Å². The van der Waals surface area contributed by atoms with Crippen LogP contribution in [-0.4, -0.2) is 36.1 Å². The smallest absolute Gasteiger partial charge is 0.0808 e. The molecule has 0 bridgehead atoms. The van der Waals surface area contributed by atoms with Gasteiger partial charge in [-0.05, 0) is 6.42 Å². The van der Waals surface area contributed by atoms with Gasteiger partial charge < -0.3 is 14.9 Å². The molecule has 0 unspecified atom stereocenters. The molecule has 0 fully saturated rings. The molecule has 0 spiro atoms. The van der Waals surface area contributed by atoms with Crippen LogP contribution < -0.4 is 0 Å². The summed E-state index contributed by atoms with van der Waals surface area (Å²) < 4.78 is 5.01. The van der Waals surface area contributed by atoms with Crippen LogP contribution in [0.5, 0.6) is 0 Å². The number of aliphatic hydroxyl groups excluding tert-OH is 2. The summed E-state index contributed by atoms with van der Waals surface area (Å²) in [6.07, 6.45) is 4.97. The van der Waals surface area contributed by atoms with Crippen molar-refractivity contribution >= 4 is 0 Å². The quantitative estimate of drug-likeness (QED) is 0.434. The zero-order valence-corrected chi connectivity index (χ0v) is 7.15. The van der Waals surface area contributed by atoms with E-state index in [1.807, 2.05) is 0 Å². The standard InChI is InChI=1S/C9H16O3/c1-2-7-12-8-9(11)5-3-4-6-10/h2-4,9-11H,1,5-8H2/b4-3-/t9-/m0/s1. The normalized spacial score (nSPS) is 13.5. The van der Waals surface area contributed by atoms with E-state index in [9.17, 15) is 5.11 Å². The van der Waals surface area contributed by atoms with Crippen LogP contribution in [0.1, 0.15) is 6.42 Å². The van der Waals surface area contributed by atoms with E-state index in [2.05, 4.69) is 6.58 Å². The lowest BCUT2D eigenvalue weighted by Gasteiger charge is -2.06. The van der Waals surface area contributed by atoms with Crippen LogP contribution in [0.2, 0.25) is 0 Å². The van der Waals surface area contributed by atoms with Crippen molar-refractivity contribution in [1.82, 2.24) is 0 Å². The zero-order valence-electron chi connectivity index (χ0n) is 7.15. The fourth-order valence-electron chi connectivity index (χ4n) is 0.683. The molecule has 3 heteroatoms. The van der Waals surface area contributed by atoms with Gasteiger partial charge in [0.25, 0.3) is 0 Å². The predicted molar refractivity (Wildman–Crippen MR) is 47.9 cm³/mol. The molecule has 0 amide bonds. The van der Waals surface area contributed by atoms with Crippen molar-refractivity contribution in [3.63, 3.8) is 0 Å². The van der Waals surface area contributed by atoms with Crippen LogP contribution in [0.3, 0.4) is 0 Å². The van der Waals surface area contributed by atoms with E-state index < -0.39 is 6.10 Å². The Morgan fingerprint density at radius 3 is 2.75 bits per heavy atom. The third kappa shape index (κ3) is 7.47. The Labute approximate surface area is 73.0 Å². The van der Waals surface area contributed by atoms with E-state index in [1.54, 1.807) is 18.2 Å². The minimum absolute atomic E-state index is 0.0141. The monoisotopic (exact) mass is 172 g/mol. The molecule has 0 aromatic heterocycles. The van der Waals surface area contributed by atoms with E-state index in [0.29, 0.717) is 19.6 Å². The van der Waals surface area contributed by atoms with Crippen LogP contribution in [0.4, 0.5) is 0 Å². The molecule has 3 nitrogen and oxygen atoms in total. The van der Waals surface area contributed by atoms with Crippen molar-refractivity contribution in [2.24, 2.45) is 0 Å². The minimum Gasteiger partial charge on any atom is -0.392 e. The fraction of sp³-hybridized carbons (Fsp3) is 0.556. The largest absolute Gasteiger partial charge is 0.392 e. The Morgan fingerprint density at radius 1 is 1.42 bits per heavy atom. The highest BCUT2D eigenvalue weighted by Gasteiger charge is 1.99. The maximum absolute atomic E-state index is 9.21. The summed E-state index contributed by atoms with van der Waals surface area (Å²) in [7, 11) is 0. The van der Waals surface area contributed by atoms with E-state index >= 15 is 0 Å². The number of hydrogen-bond donors (Lipinski definition) is 2. The molecule has 0 saturated carbocycles. The Kier molecular flexibility index (Phi) is 8.01. The maximum Gasteiger partial charge on any atom is 0.0808 e. The van der Waals surface area contributed by atoms with Crippen LogP contribution in [0.25, 0.3) is 0 Å². The zero-order chi connectivity index (χ0) is 9.23. The predicted octanol–water partition coefficient (Wildman–Crippen LogP) is 0.488. The van der Waals surface area contributed by atoms with Gasteiger partial charge in [0.05, 0.1) is 25.9 Å². The second-order valence-electron chi connectivity index (χ2n) is 2.37. The highest BCUT2D eigenvalue weighted by molar-refractivity contribution is 4.83. The number of aliphatic hydroxyl groups is 2. The van der Waals surface area contributed by atoms with Gasteiger partial charge in [-0.15, -0.1) is 6.58 Å². The molecule has 0 aliphatic rings. The summed E-state index contributed by atoms with van der Waals surface area (Å²) in [5, 5.41) is 17.6. The third-order valence-electron chi connectivity index (χ3n) is 1.23. The Bertz CT molecular complexity index is 132. The first-order valence-electron chi connectivity index (χ1n) is 3.93. The van der Waals surface area contributed by atoms with Gasteiger partial charge in [0.2, 0.25) is 0 Å². The average molecular weight is 172 g/mol. The van der Waals surface area contributed by atoms with Crippen molar-refractivity contribution in [2.75, 3.05) is 19.8 Å². The first-order chi connectivity index (χ1) is 5.81. The molecule has 0 aliphatic heterocycles. The van der Waals surface area contributed by atoms with E-state index in [-0.39, 0.29) is 6.61 Å². The van der Waals surface area contributed by atoms with Crippen molar-refractivity contribution in [2.45, 2.75) is 12.5 Å². The molecule has 70 valence electrons. The van der Waals surface area contributed by atoms with Gasteiger partial charge in [0, 0.05) is 0 Å². The summed E-state index contributed by atoms with van der Waals surface area (Å²) in [4.78, 5) is 0. The molecule has 2 N–H and O–H groups in total. The summed E-state index contributed by atoms with van der Waals surface area (Å²) >= 11 is 0. The Hall–Kier alpha value is -0.640. The van der Waals surface area contributed by atoms with Crippen LogP contribution in [0, 0.1) is 0 Å². The van der Waals surface area contributed by atoms with Crippen LogP contribution in [-0.2, 0) is 4.74 Å². The molecule has 0 heterocycles. The van der Waals surface area contributed by atoms with Gasteiger partial charge >= 0.3 is 0 Å². The van der Waals surface area contributed by atoms with Crippen molar-refractivity contribution < 1.29 is 14.9 Å². The molecule has 0 aliphatic carbocycles. The molecule has 1 atom stereocenters. The highest BCUT2D eigenvalue weighted by atomic mass is 16.5. The van der Waals surface area contributed by atoms with Crippen LogP contribution in [0.15, 0.2) is 24.8 Å². The van der Waals surface area contributed by atoms with Crippen molar-refractivity contribution in [1.29, 1.82) is 0 Å². The van der Waals surface area contributed by atoms with Gasteiger partial charge in [-0.3, -0.25) is 0 Å². The van der Waals surface area contributed by atoms with Gasteiger partial charge in [-0.25, -0.2) is 0 Å². The second-order valence-corrected chi connectivity index (χ2v) is 2.37. The van der Waals surface area contributed by atoms with E-state index in [4.69, 9.17) is 9.84 Å². The van der Waals surface area contributed by atoms with Crippen LogP contribution >= 0.6 is 0 Å². The summed E-state index contributed by atoms with van der Waals surface area (Å²) in [5.74, 6) is 0. The maximum atomic E-state index is 9.21.